The molecule has 1 aromatic rings. The molecule has 1 fully saturated rings. The van der Waals surface area contributed by atoms with Crippen molar-refractivity contribution in [1.82, 2.24) is 15.2 Å². The van der Waals surface area contributed by atoms with Gasteiger partial charge in [0.05, 0.1) is 5.69 Å². The number of aromatic nitrogens is 1. The quantitative estimate of drug-likeness (QED) is 0.827. The minimum absolute atomic E-state index is 0.620. The second kappa shape index (κ2) is 7.09. The molecule has 0 aliphatic carbocycles. The molecule has 5 heteroatoms. The summed E-state index contributed by atoms with van der Waals surface area (Å²) in [6, 6.07) is 1.35. The first-order chi connectivity index (χ1) is 9.56. The molecule has 0 bridgehead atoms. The van der Waals surface area contributed by atoms with Crippen molar-refractivity contribution in [3.63, 3.8) is 0 Å². The van der Waals surface area contributed by atoms with Crippen molar-refractivity contribution in [3.05, 3.63) is 12.0 Å². The molecule has 5 nitrogen and oxygen atoms in total. The fraction of sp³-hybridized carbons (Fsp3) is 0.800. The normalized spacial score (nSPS) is 19.9. The van der Waals surface area contributed by atoms with E-state index in [1.807, 2.05) is 0 Å². The molecular formula is C15H28N4O. The van der Waals surface area contributed by atoms with E-state index in [-0.39, 0.29) is 0 Å². The molecule has 2 heterocycles. The molecule has 1 aromatic heterocycles. The Kier molecular flexibility index (Phi) is 5.43. The second-order valence-electron chi connectivity index (χ2n) is 6.30. The Labute approximate surface area is 122 Å². The van der Waals surface area contributed by atoms with Gasteiger partial charge in [0, 0.05) is 26.2 Å². The molecule has 0 radical (unpaired) electrons. The van der Waals surface area contributed by atoms with Crippen LogP contribution in [0.4, 0.5) is 6.01 Å². The molecule has 20 heavy (non-hydrogen) atoms. The molecule has 1 aliphatic heterocycles. The van der Waals surface area contributed by atoms with Crippen LogP contribution in [0.25, 0.3) is 0 Å². The summed E-state index contributed by atoms with van der Waals surface area (Å²) in [6.45, 7) is 8.37. The lowest BCUT2D eigenvalue weighted by Gasteiger charge is -2.24. The highest BCUT2D eigenvalue weighted by Crippen LogP contribution is 2.19. The SMILES string of the molecule is CC(C)CNCc1coc(N(C)CC2CCCN2C)n1. The van der Waals surface area contributed by atoms with Crippen LogP contribution < -0.4 is 10.2 Å². The summed E-state index contributed by atoms with van der Waals surface area (Å²) < 4.78 is 5.59. The van der Waals surface area contributed by atoms with Gasteiger partial charge in [-0.2, -0.15) is 4.98 Å². The zero-order chi connectivity index (χ0) is 14.5. The number of likely N-dealkylation sites (tertiary alicyclic amines) is 1. The van der Waals surface area contributed by atoms with Crippen LogP contribution in [0.2, 0.25) is 0 Å². The van der Waals surface area contributed by atoms with Crippen LogP contribution in [0.15, 0.2) is 10.7 Å². The fourth-order valence-electron chi connectivity index (χ4n) is 2.65. The van der Waals surface area contributed by atoms with Crippen LogP contribution in [0.1, 0.15) is 32.4 Å². The predicted octanol–water partition coefficient (Wildman–Crippen LogP) is 1.95. The van der Waals surface area contributed by atoms with E-state index in [4.69, 9.17) is 4.42 Å². The lowest BCUT2D eigenvalue weighted by atomic mass is 10.2. The lowest BCUT2D eigenvalue weighted by molar-refractivity contribution is 0.311. The molecule has 0 saturated carbocycles. The lowest BCUT2D eigenvalue weighted by Crippen LogP contribution is -2.36. The van der Waals surface area contributed by atoms with Gasteiger partial charge in [0.1, 0.15) is 6.26 Å². The molecule has 2 rings (SSSR count). The summed E-state index contributed by atoms with van der Waals surface area (Å²) in [6.07, 6.45) is 4.33. The van der Waals surface area contributed by atoms with Crippen molar-refractivity contribution in [2.75, 3.05) is 38.6 Å². The summed E-state index contributed by atoms with van der Waals surface area (Å²) in [4.78, 5) is 9.10. The molecular weight excluding hydrogens is 252 g/mol. The molecule has 1 unspecified atom stereocenters. The van der Waals surface area contributed by atoms with Crippen LogP contribution in [0.5, 0.6) is 0 Å². The van der Waals surface area contributed by atoms with Crippen molar-refractivity contribution in [3.8, 4) is 0 Å². The number of hydrogen-bond acceptors (Lipinski definition) is 5. The van der Waals surface area contributed by atoms with Crippen molar-refractivity contribution >= 4 is 6.01 Å². The summed E-state index contributed by atoms with van der Waals surface area (Å²) in [5, 5.41) is 3.38. The Hall–Kier alpha value is -1.07. The first-order valence-electron chi connectivity index (χ1n) is 7.62. The van der Waals surface area contributed by atoms with Gasteiger partial charge in [-0.05, 0) is 38.9 Å². The number of anilines is 1. The van der Waals surface area contributed by atoms with Gasteiger partial charge in [-0.25, -0.2) is 0 Å². The molecule has 0 aromatic carbocycles. The minimum atomic E-state index is 0.620. The maximum atomic E-state index is 5.59. The number of likely N-dealkylation sites (N-methyl/N-ethyl adjacent to an activating group) is 2. The van der Waals surface area contributed by atoms with E-state index >= 15 is 0 Å². The minimum Gasteiger partial charge on any atom is -0.432 e. The van der Waals surface area contributed by atoms with Gasteiger partial charge in [-0.15, -0.1) is 0 Å². The molecule has 1 atom stereocenters. The van der Waals surface area contributed by atoms with Crippen LogP contribution in [0, 0.1) is 5.92 Å². The van der Waals surface area contributed by atoms with E-state index in [9.17, 15) is 0 Å². The molecule has 0 spiro atoms. The predicted molar refractivity (Wildman–Crippen MR) is 82.0 cm³/mol. The second-order valence-corrected chi connectivity index (χ2v) is 6.30. The average molecular weight is 280 g/mol. The van der Waals surface area contributed by atoms with Crippen LogP contribution >= 0.6 is 0 Å². The topological polar surface area (TPSA) is 44.5 Å². The molecule has 1 saturated heterocycles. The van der Waals surface area contributed by atoms with Crippen molar-refractivity contribution in [1.29, 1.82) is 0 Å². The van der Waals surface area contributed by atoms with E-state index in [2.05, 4.69) is 48.0 Å². The van der Waals surface area contributed by atoms with Gasteiger partial charge in [0.15, 0.2) is 0 Å². The smallest absolute Gasteiger partial charge is 0.297 e. The Morgan fingerprint density at radius 1 is 1.55 bits per heavy atom. The van der Waals surface area contributed by atoms with E-state index in [0.717, 1.165) is 31.3 Å². The maximum Gasteiger partial charge on any atom is 0.297 e. The third-order valence-electron chi connectivity index (χ3n) is 3.88. The van der Waals surface area contributed by atoms with E-state index in [0.29, 0.717) is 12.0 Å². The largest absolute Gasteiger partial charge is 0.432 e. The highest BCUT2D eigenvalue weighted by molar-refractivity contribution is 5.25. The summed E-state index contributed by atoms with van der Waals surface area (Å²) in [7, 11) is 4.26. The molecule has 114 valence electrons. The number of rotatable bonds is 7. The Morgan fingerprint density at radius 2 is 2.35 bits per heavy atom. The third-order valence-corrected chi connectivity index (χ3v) is 3.88. The zero-order valence-electron chi connectivity index (χ0n) is 13.2. The van der Waals surface area contributed by atoms with E-state index in [1.54, 1.807) is 6.26 Å². The number of oxazole rings is 1. The highest BCUT2D eigenvalue weighted by Gasteiger charge is 2.23. The maximum absolute atomic E-state index is 5.59. The van der Waals surface area contributed by atoms with Crippen molar-refractivity contribution in [2.24, 2.45) is 5.92 Å². The molecule has 1 N–H and O–H groups in total. The summed E-state index contributed by atoms with van der Waals surface area (Å²) in [5.74, 6) is 0.655. The first kappa shape index (κ1) is 15.3. The monoisotopic (exact) mass is 280 g/mol. The van der Waals surface area contributed by atoms with Gasteiger partial charge in [0.2, 0.25) is 0 Å². The summed E-state index contributed by atoms with van der Waals surface area (Å²) in [5.41, 5.74) is 0.979. The van der Waals surface area contributed by atoms with Gasteiger partial charge in [-0.3, -0.25) is 0 Å². The highest BCUT2D eigenvalue weighted by atomic mass is 16.4. The number of hydrogen-bond donors (Lipinski definition) is 1. The zero-order valence-corrected chi connectivity index (χ0v) is 13.2. The van der Waals surface area contributed by atoms with E-state index in [1.165, 1.54) is 19.4 Å². The van der Waals surface area contributed by atoms with Gasteiger partial charge in [-0.1, -0.05) is 13.8 Å². The van der Waals surface area contributed by atoms with Gasteiger partial charge < -0.3 is 19.5 Å². The first-order valence-corrected chi connectivity index (χ1v) is 7.62. The fourth-order valence-corrected chi connectivity index (χ4v) is 2.65. The molecule has 0 amide bonds. The summed E-state index contributed by atoms with van der Waals surface area (Å²) >= 11 is 0. The van der Waals surface area contributed by atoms with Crippen molar-refractivity contribution in [2.45, 2.75) is 39.3 Å². The standard InChI is InChI=1S/C15H28N4O/c1-12(2)8-16-9-13-11-20-15(17-13)19(4)10-14-6-5-7-18(14)3/h11-12,14,16H,5-10H2,1-4H3. The van der Waals surface area contributed by atoms with Gasteiger partial charge >= 0.3 is 0 Å². The van der Waals surface area contributed by atoms with Crippen LogP contribution in [-0.4, -0.2) is 49.7 Å². The average Bonchev–Trinajstić information content (AvgIpc) is 2.99. The number of nitrogens with one attached hydrogen (secondary N) is 1. The molecule has 1 aliphatic rings. The Bertz CT molecular complexity index is 404. The van der Waals surface area contributed by atoms with E-state index < -0.39 is 0 Å². The Balaban J connectivity index is 1.81. The van der Waals surface area contributed by atoms with Crippen LogP contribution in [0.3, 0.4) is 0 Å². The van der Waals surface area contributed by atoms with Crippen molar-refractivity contribution < 1.29 is 4.42 Å². The number of nitrogens with zero attached hydrogens (tertiary/aromatic N) is 3. The van der Waals surface area contributed by atoms with Crippen LogP contribution in [-0.2, 0) is 6.54 Å². The Morgan fingerprint density at radius 3 is 3.00 bits per heavy atom. The van der Waals surface area contributed by atoms with Gasteiger partial charge in [0.25, 0.3) is 6.01 Å². The third kappa shape index (κ3) is 4.21.